The average Bonchev–Trinajstić information content (AvgIpc) is 3.01. The minimum absolute atomic E-state index is 0.642. The normalized spacial score (nSPS) is 11.7. The number of aromatic nitrogens is 2. The van der Waals surface area contributed by atoms with E-state index in [4.69, 9.17) is 11.6 Å². The van der Waals surface area contributed by atoms with Crippen molar-refractivity contribution in [3.05, 3.63) is 65.1 Å². The number of hydrogen-bond acceptors (Lipinski definition) is 2. The van der Waals surface area contributed by atoms with Gasteiger partial charge >= 0.3 is 0 Å². The van der Waals surface area contributed by atoms with Crippen molar-refractivity contribution < 1.29 is 0 Å². The molecule has 1 aromatic carbocycles. The van der Waals surface area contributed by atoms with Crippen LogP contribution >= 0.6 is 11.6 Å². The number of benzene rings is 1. The Morgan fingerprint density at radius 1 is 1.25 bits per heavy atom. The molecule has 124 valence electrons. The Balaban J connectivity index is 1.53. The molecule has 0 aliphatic rings. The Labute approximate surface area is 146 Å². The topological polar surface area (TPSA) is 65.1 Å². The molecule has 0 spiro atoms. The SMILES string of the molecule is CN=C(NCCc1c[nH]c2ccc(Cl)cc12)NCc1ccccn1. The van der Waals surface area contributed by atoms with E-state index in [0.29, 0.717) is 6.54 Å². The molecule has 0 aliphatic heterocycles. The summed E-state index contributed by atoms with van der Waals surface area (Å²) >= 11 is 6.09. The van der Waals surface area contributed by atoms with E-state index in [9.17, 15) is 0 Å². The summed E-state index contributed by atoms with van der Waals surface area (Å²) in [5.41, 5.74) is 3.32. The van der Waals surface area contributed by atoms with Gasteiger partial charge in [-0.15, -0.1) is 0 Å². The third kappa shape index (κ3) is 4.06. The van der Waals surface area contributed by atoms with Crippen LogP contribution in [0.25, 0.3) is 10.9 Å². The lowest BCUT2D eigenvalue weighted by molar-refractivity contribution is 0.785. The van der Waals surface area contributed by atoms with Crippen molar-refractivity contribution in [1.29, 1.82) is 0 Å². The number of nitrogens with zero attached hydrogens (tertiary/aromatic N) is 2. The minimum atomic E-state index is 0.642. The Morgan fingerprint density at radius 2 is 2.17 bits per heavy atom. The smallest absolute Gasteiger partial charge is 0.191 e. The Morgan fingerprint density at radius 3 is 2.96 bits per heavy atom. The number of fused-ring (bicyclic) bond motifs is 1. The molecule has 5 nitrogen and oxygen atoms in total. The van der Waals surface area contributed by atoms with Gasteiger partial charge in [0.25, 0.3) is 0 Å². The first-order valence-electron chi connectivity index (χ1n) is 7.86. The van der Waals surface area contributed by atoms with Gasteiger partial charge in [-0.2, -0.15) is 0 Å². The van der Waals surface area contributed by atoms with Gasteiger partial charge in [0.05, 0.1) is 12.2 Å². The Kier molecular flexibility index (Phi) is 5.33. The maximum atomic E-state index is 6.09. The molecule has 3 aromatic rings. The average molecular weight is 342 g/mol. The number of pyridine rings is 1. The highest BCUT2D eigenvalue weighted by molar-refractivity contribution is 6.31. The second kappa shape index (κ2) is 7.84. The highest BCUT2D eigenvalue weighted by Gasteiger charge is 2.05. The number of guanidine groups is 1. The molecule has 0 fully saturated rings. The largest absolute Gasteiger partial charge is 0.361 e. The van der Waals surface area contributed by atoms with Gasteiger partial charge in [0, 0.05) is 41.9 Å². The van der Waals surface area contributed by atoms with Gasteiger partial charge in [-0.3, -0.25) is 9.98 Å². The molecule has 2 aromatic heterocycles. The van der Waals surface area contributed by atoms with E-state index in [1.54, 1.807) is 13.2 Å². The van der Waals surface area contributed by atoms with E-state index >= 15 is 0 Å². The van der Waals surface area contributed by atoms with Crippen LogP contribution in [0.1, 0.15) is 11.3 Å². The van der Waals surface area contributed by atoms with Crippen LogP contribution in [0.2, 0.25) is 5.02 Å². The van der Waals surface area contributed by atoms with Crippen molar-refractivity contribution in [1.82, 2.24) is 20.6 Å². The van der Waals surface area contributed by atoms with Gasteiger partial charge in [-0.25, -0.2) is 0 Å². The molecule has 0 aliphatic carbocycles. The Hall–Kier alpha value is -2.53. The molecule has 0 saturated heterocycles. The van der Waals surface area contributed by atoms with Crippen molar-refractivity contribution in [3.8, 4) is 0 Å². The molecule has 6 heteroatoms. The monoisotopic (exact) mass is 341 g/mol. The summed E-state index contributed by atoms with van der Waals surface area (Å²) in [6.07, 6.45) is 4.70. The quantitative estimate of drug-likeness (QED) is 0.493. The lowest BCUT2D eigenvalue weighted by Gasteiger charge is -2.11. The summed E-state index contributed by atoms with van der Waals surface area (Å²) in [5, 5.41) is 8.50. The Bertz CT molecular complexity index is 826. The summed E-state index contributed by atoms with van der Waals surface area (Å²) in [5.74, 6) is 0.763. The van der Waals surface area contributed by atoms with E-state index in [2.05, 4.69) is 25.6 Å². The van der Waals surface area contributed by atoms with E-state index in [1.807, 2.05) is 42.6 Å². The van der Waals surface area contributed by atoms with Gasteiger partial charge < -0.3 is 15.6 Å². The van der Waals surface area contributed by atoms with Crippen molar-refractivity contribution >= 4 is 28.5 Å². The third-order valence-corrected chi connectivity index (χ3v) is 4.04. The van der Waals surface area contributed by atoms with Gasteiger partial charge in [-0.05, 0) is 42.3 Å². The summed E-state index contributed by atoms with van der Waals surface area (Å²) in [4.78, 5) is 11.8. The molecule has 0 bridgehead atoms. The van der Waals surface area contributed by atoms with E-state index in [-0.39, 0.29) is 0 Å². The first-order chi connectivity index (χ1) is 11.8. The number of nitrogens with one attached hydrogen (secondary N) is 3. The number of halogens is 1. The third-order valence-electron chi connectivity index (χ3n) is 3.80. The lowest BCUT2D eigenvalue weighted by atomic mass is 10.1. The van der Waals surface area contributed by atoms with Crippen LogP contribution in [-0.4, -0.2) is 29.5 Å². The number of aliphatic imine (C=N–C) groups is 1. The van der Waals surface area contributed by atoms with Crippen molar-refractivity contribution in [2.45, 2.75) is 13.0 Å². The predicted molar refractivity (Wildman–Crippen MR) is 99.5 cm³/mol. The van der Waals surface area contributed by atoms with Gasteiger partial charge in [-0.1, -0.05) is 17.7 Å². The highest BCUT2D eigenvalue weighted by Crippen LogP contribution is 2.22. The summed E-state index contributed by atoms with van der Waals surface area (Å²) < 4.78 is 0. The van der Waals surface area contributed by atoms with Crippen LogP contribution < -0.4 is 10.6 Å². The standard InChI is InChI=1S/C18H20ClN5/c1-20-18(24-12-15-4-2-3-8-21-15)22-9-7-13-11-23-17-6-5-14(19)10-16(13)17/h2-6,8,10-11,23H,7,9,12H2,1H3,(H2,20,22,24). The zero-order valence-corrected chi connectivity index (χ0v) is 14.3. The summed E-state index contributed by atoms with van der Waals surface area (Å²) in [6, 6.07) is 11.8. The van der Waals surface area contributed by atoms with Crippen molar-refractivity contribution in [2.24, 2.45) is 4.99 Å². The van der Waals surface area contributed by atoms with E-state index in [0.717, 1.165) is 35.2 Å². The second-order valence-electron chi connectivity index (χ2n) is 5.43. The molecule has 0 saturated carbocycles. The number of rotatable bonds is 5. The molecule has 3 N–H and O–H groups in total. The maximum Gasteiger partial charge on any atom is 0.191 e. The number of H-pyrrole nitrogens is 1. The second-order valence-corrected chi connectivity index (χ2v) is 5.86. The molecular weight excluding hydrogens is 322 g/mol. The predicted octanol–water partition coefficient (Wildman–Crippen LogP) is 3.12. The fourth-order valence-electron chi connectivity index (χ4n) is 2.57. The fraction of sp³-hybridized carbons (Fsp3) is 0.222. The molecular formula is C18H20ClN5. The number of hydrogen-bond donors (Lipinski definition) is 3. The van der Waals surface area contributed by atoms with Crippen LogP contribution in [0.5, 0.6) is 0 Å². The molecule has 0 amide bonds. The van der Waals surface area contributed by atoms with E-state index < -0.39 is 0 Å². The van der Waals surface area contributed by atoms with Gasteiger partial charge in [0.15, 0.2) is 5.96 Å². The lowest BCUT2D eigenvalue weighted by Crippen LogP contribution is -2.38. The first kappa shape index (κ1) is 16.3. The maximum absolute atomic E-state index is 6.09. The first-order valence-corrected chi connectivity index (χ1v) is 8.24. The fourth-order valence-corrected chi connectivity index (χ4v) is 2.74. The zero-order valence-electron chi connectivity index (χ0n) is 13.5. The molecule has 24 heavy (non-hydrogen) atoms. The van der Waals surface area contributed by atoms with Gasteiger partial charge in [0.1, 0.15) is 0 Å². The van der Waals surface area contributed by atoms with Crippen LogP contribution in [0.15, 0.2) is 53.8 Å². The molecule has 0 radical (unpaired) electrons. The molecule has 2 heterocycles. The number of aromatic amines is 1. The molecule has 0 atom stereocenters. The summed E-state index contributed by atoms with van der Waals surface area (Å²) in [6.45, 7) is 1.42. The van der Waals surface area contributed by atoms with Crippen LogP contribution in [0.3, 0.4) is 0 Å². The van der Waals surface area contributed by atoms with Crippen LogP contribution in [0.4, 0.5) is 0 Å². The summed E-state index contributed by atoms with van der Waals surface area (Å²) in [7, 11) is 1.76. The highest BCUT2D eigenvalue weighted by atomic mass is 35.5. The zero-order chi connectivity index (χ0) is 16.8. The van der Waals surface area contributed by atoms with Crippen LogP contribution in [0, 0.1) is 0 Å². The van der Waals surface area contributed by atoms with E-state index in [1.165, 1.54) is 10.9 Å². The molecule has 0 unspecified atom stereocenters. The minimum Gasteiger partial charge on any atom is -0.361 e. The van der Waals surface area contributed by atoms with Crippen LogP contribution in [-0.2, 0) is 13.0 Å². The molecule has 3 rings (SSSR count). The van der Waals surface area contributed by atoms with Crippen molar-refractivity contribution in [2.75, 3.05) is 13.6 Å². The van der Waals surface area contributed by atoms with Crippen molar-refractivity contribution in [3.63, 3.8) is 0 Å². The van der Waals surface area contributed by atoms with Gasteiger partial charge in [0.2, 0.25) is 0 Å².